The maximum atomic E-state index is 11.7. The van der Waals surface area contributed by atoms with Crippen LogP contribution in [0.25, 0.3) is 0 Å². The molecule has 1 rings (SSSR count). The van der Waals surface area contributed by atoms with Gasteiger partial charge in [-0.25, -0.2) is 9.00 Å². The molecule has 1 heterocycles. The van der Waals surface area contributed by atoms with Gasteiger partial charge in [-0.3, -0.25) is 0 Å². The Morgan fingerprint density at radius 3 is 2.42 bits per heavy atom. The molecular weight excluding hydrogens is 176 g/mol. The van der Waals surface area contributed by atoms with Crippen molar-refractivity contribution in [2.24, 2.45) is 4.36 Å². The molecule has 0 radical (unpaired) electrons. The van der Waals surface area contributed by atoms with Gasteiger partial charge in [-0.05, 0) is 12.8 Å². The summed E-state index contributed by atoms with van der Waals surface area (Å²) in [5.41, 5.74) is 0. The monoisotopic (exact) mass is 190 g/mol. The number of carbonyl (C=O) groups excluding carboxylic acids is 1. The van der Waals surface area contributed by atoms with Crippen molar-refractivity contribution in [3.63, 3.8) is 0 Å². The average Bonchev–Trinajstić information content (AvgIpc) is 2.05. The highest BCUT2D eigenvalue weighted by molar-refractivity contribution is 7.93. The molecule has 0 spiro atoms. The molecule has 12 heavy (non-hydrogen) atoms. The van der Waals surface area contributed by atoms with Crippen LogP contribution in [0, 0.1) is 0 Å². The van der Waals surface area contributed by atoms with Crippen LogP contribution >= 0.6 is 0 Å². The van der Waals surface area contributed by atoms with Crippen LogP contribution < -0.4 is 5.32 Å². The molecule has 1 fully saturated rings. The molecule has 1 N–H and O–H groups in total. The molecule has 0 bridgehead atoms. The molecular formula is C7H14N2O2S. The number of carbonyl (C=O) groups is 1. The molecule has 4 nitrogen and oxygen atoms in total. The Kier molecular flexibility index (Phi) is 3.08. The van der Waals surface area contributed by atoms with Crippen molar-refractivity contribution in [1.82, 2.24) is 5.32 Å². The Labute approximate surface area is 72.9 Å². The minimum atomic E-state index is -2.19. The predicted octanol–water partition coefficient (Wildman–Crippen LogP) is 0.978. The Bertz CT molecular complexity index is 267. The number of nitrogens with one attached hydrogen (secondary N) is 1. The minimum absolute atomic E-state index is 0.457. The molecule has 0 saturated carbocycles. The zero-order valence-corrected chi connectivity index (χ0v) is 8.02. The summed E-state index contributed by atoms with van der Waals surface area (Å²) in [6.07, 6.45) is 2.97. The number of urea groups is 1. The summed E-state index contributed by atoms with van der Waals surface area (Å²) >= 11 is 0. The van der Waals surface area contributed by atoms with Crippen molar-refractivity contribution in [2.45, 2.75) is 19.3 Å². The zero-order chi connectivity index (χ0) is 9.03. The van der Waals surface area contributed by atoms with Gasteiger partial charge in [-0.15, -0.1) is 4.36 Å². The van der Waals surface area contributed by atoms with E-state index >= 15 is 0 Å². The third-order valence-corrected chi connectivity index (χ3v) is 4.24. The van der Waals surface area contributed by atoms with E-state index in [9.17, 15) is 9.00 Å². The Hall–Kier alpha value is -0.580. The number of amides is 2. The average molecular weight is 190 g/mol. The SMILES string of the molecule is CNC(=O)N=S1(=O)CCCCC1. The van der Waals surface area contributed by atoms with Crippen LogP contribution in [0.5, 0.6) is 0 Å². The van der Waals surface area contributed by atoms with Crippen molar-refractivity contribution in [2.75, 3.05) is 18.6 Å². The van der Waals surface area contributed by atoms with E-state index in [1.807, 2.05) is 0 Å². The van der Waals surface area contributed by atoms with Gasteiger partial charge in [-0.2, -0.15) is 0 Å². The van der Waals surface area contributed by atoms with E-state index in [4.69, 9.17) is 0 Å². The molecule has 1 saturated heterocycles. The number of hydrogen-bond donors (Lipinski definition) is 1. The van der Waals surface area contributed by atoms with E-state index in [2.05, 4.69) is 9.68 Å². The third-order valence-electron chi connectivity index (χ3n) is 1.89. The largest absolute Gasteiger partial charge is 0.348 e. The molecule has 0 unspecified atom stereocenters. The highest BCUT2D eigenvalue weighted by Gasteiger charge is 2.15. The predicted molar refractivity (Wildman–Crippen MR) is 48.6 cm³/mol. The summed E-state index contributed by atoms with van der Waals surface area (Å²) in [7, 11) is -0.691. The number of hydrogen-bond acceptors (Lipinski definition) is 2. The lowest BCUT2D eigenvalue weighted by Gasteiger charge is -2.14. The van der Waals surface area contributed by atoms with E-state index in [-0.39, 0.29) is 0 Å². The van der Waals surface area contributed by atoms with Crippen LogP contribution in [0.2, 0.25) is 0 Å². The summed E-state index contributed by atoms with van der Waals surface area (Å²) in [4.78, 5) is 10.8. The van der Waals surface area contributed by atoms with Gasteiger partial charge < -0.3 is 5.32 Å². The van der Waals surface area contributed by atoms with Gasteiger partial charge in [0, 0.05) is 18.6 Å². The number of rotatable bonds is 0. The fourth-order valence-electron chi connectivity index (χ4n) is 1.22. The second-order valence-corrected chi connectivity index (χ2v) is 5.43. The second-order valence-electron chi connectivity index (χ2n) is 2.89. The summed E-state index contributed by atoms with van der Waals surface area (Å²) < 4.78 is 15.4. The van der Waals surface area contributed by atoms with Crippen molar-refractivity contribution in [3.05, 3.63) is 0 Å². The van der Waals surface area contributed by atoms with Gasteiger partial charge in [-0.1, -0.05) is 6.42 Å². The standard InChI is InChI=1S/C7H14N2O2S/c1-8-7(10)9-12(11)5-3-2-4-6-12/h2-6H2,1H3,(H,8,10). The molecule has 2 amide bonds. The first-order chi connectivity index (χ1) is 5.66. The van der Waals surface area contributed by atoms with Crippen LogP contribution in [-0.4, -0.2) is 28.8 Å². The Morgan fingerprint density at radius 1 is 1.33 bits per heavy atom. The molecule has 0 atom stereocenters. The fraction of sp³-hybridized carbons (Fsp3) is 0.857. The first-order valence-electron chi connectivity index (χ1n) is 4.10. The zero-order valence-electron chi connectivity index (χ0n) is 7.21. The van der Waals surface area contributed by atoms with Gasteiger partial charge in [0.15, 0.2) is 0 Å². The molecule has 0 aromatic heterocycles. The normalized spacial score (nSPS) is 21.4. The van der Waals surface area contributed by atoms with Crippen molar-refractivity contribution >= 4 is 15.8 Å². The molecule has 0 aromatic carbocycles. The highest BCUT2D eigenvalue weighted by Crippen LogP contribution is 2.13. The van der Waals surface area contributed by atoms with Gasteiger partial charge in [0.05, 0.1) is 9.73 Å². The third kappa shape index (κ3) is 2.48. The fourth-order valence-corrected chi connectivity index (χ4v) is 3.31. The maximum Gasteiger partial charge on any atom is 0.348 e. The molecule has 1 aliphatic heterocycles. The van der Waals surface area contributed by atoms with Crippen LogP contribution in [0.4, 0.5) is 4.79 Å². The van der Waals surface area contributed by atoms with Crippen molar-refractivity contribution in [1.29, 1.82) is 0 Å². The van der Waals surface area contributed by atoms with Crippen LogP contribution in [0.3, 0.4) is 0 Å². The summed E-state index contributed by atoms with van der Waals surface area (Å²) in [6, 6.07) is -0.457. The van der Waals surface area contributed by atoms with Crippen molar-refractivity contribution in [3.8, 4) is 0 Å². The quantitative estimate of drug-likeness (QED) is 0.619. The lowest BCUT2D eigenvalue weighted by Crippen LogP contribution is -2.21. The number of nitrogens with zero attached hydrogens (tertiary/aromatic N) is 1. The molecule has 1 aliphatic rings. The van der Waals surface area contributed by atoms with E-state index in [1.165, 1.54) is 7.05 Å². The van der Waals surface area contributed by atoms with Crippen LogP contribution in [0.15, 0.2) is 4.36 Å². The van der Waals surface area contributed by atoms with E-state index in [1.54, 1.807) is 0 Å². The molecule has 0 aliphatic carbocycles. The lowest BCUT2D eigenvalue weighted by molar-refractivity contribution is 0.251. The van der Waals surface area contributed by atoms with Crippen LogP contribution in [0.1, 0.15) is 19.3 Å². The van der Waals surface area contributed by atoms with Gasteiger partial charge in [0.2, 0.25) is 0 Å². The first kappa shape index (κ1) is 9.51. The lowest BCUT2D eigenvalue weighted by atomic mass is 10.3. The minimum Gasteiger partial charge on any atom is -0.339 e. The van der Waals surface area contributed by atoms with Gasteiger partial charge in [0.25, 0.3) is 0 Å². The first-order valence-corrected chi connectivity index (χ1v) is 5.96. The topological polar surface area (TPSA) is 58.5 Å². The summed E-state index contributed by atoms with van der Waals surface area (Å²) in [6.45, 7) is 0. The Morgan fingerprint density at radius 2 is 1.92 bits per heavy atom. The van der Waals surface area contributed by atoms with E-state index < -0.39 is 15.8 Å². The Balaban J connectivity index is 2.75. The van der Waals surface area contributed by atoms with Crippen molar-refractivity contribution < 1.29 is 9.00 Å². The van der Waals surface area contributed by atoms with E-state index in [0.717, 1.165) is 19.3 Å². The summed E-state index contributed by atoms with van der Waals surface area (Å²) in [5.74, 6) is 1.17. The smallest absolute Gasteiger partial charge is 0.339 e. The molecule has 5 heteroatoms. The van der Waals surface area contributed by atoms with Gasteiger partial charge in [0.1, 0.15) is 0 Å². The summed E-state index contributed by atoms with van der Waals surface area (Å²) in [5, 5.41) is 2.35. The second kappa shape index (κ2) is 3.89. The van der Waals surface area contributed by atoms with Crippen LogP contribution in [-0.2, 0) is 9.73 Å². The molecule has 70 valence electrons. The van der Waals surface area contributed by atoms with E-state index in [0.29, 0.717) is 11.5 Å². The maximum absolute atomic E-state index is 11.7. The highest BCUT2D eigenvalue weighted by atomic mass is 32.2. The van der Waals surface area contributed by atoms with Gasteiger partial charge >= 0.3 is 6.03 Å². The molecule has 0 aromatic rings.